The van der Waals surface area contributed by atoms with E-state index in [2.05, 4.69) is 20.3 Å². The number of rotatable bonds is 3. The molecule has 4 nitrogen and oxygen atoms in total. The van der Waals surface area contributed by atoms with Crippen molar-refractivity contribution in [2.45, 2.75) is 13.5 Å². The molecular weight excluding hydrogens is 184 g/mol. The Morgan fingerprint density at radius 1 is 1.54 bits per heavy atom. The SMILES string of the molecule is Cc1cnc(NCc2cscn2)[nH]1. The molecule has 0 unspecified atom stereocenters. The number of aryl methyl sites for hydroxylation is 1. The number of hydrogen-bond acceptors (Lipinski definition) is 4. The van der Waals surface area contributed by atoms with Gasteiger partial charge in [0, 0.05) is 17.3 Å². The van der Waals surface area contributed by atoms with Gasteiger partial charge < -0.3 is 10.3 Å². The molecular formula is C8H10N4S. The summed E-state index contributed by atoms with van der Waals surface area (Å²) in [6.45, 7) is 2.69. The number of aromatic amines is 1. The van der Waals surface area contributed by atoms with Crippen LogP contribution in [-0.4, -0.2) is 15.0 Å². The minimum absolute atomic E-state index is 0.719. The summed E-state index contributed by atoms with van der Waals surface area (Å²) in [6, 6.07) is 0. The van der Waals surface area contributed by atoms with Crippen molar-refractivity contribution in [3.63, 3.8) is 0 Å². The summed E-state index contributed by atoms with van der Waals surface area (Å²) in [5.41, 5.74) is 3.92. The van der Waals surface area contributed by atoms with Gasteiger partial charge in [0.1, 0.15) is 0 Å². The first-order valence-electron chi connectivity index (χ1n) is 3.97. The highest BCUT2D eigenvalue weighted by molar-refractivity contribution is 7.07. The molecule has 68 valence electrons. The molecule has 2 rings (SSSR count). The van der Waals surface area contributed by atoms with E-state index in [1.54, 1.807) is 17.5 Å². The van der Waals surface area contributed by atoms with Crippen molar-refractivity contribution >= 4 is 17.3 Å². The van der Waals surface area contributed by atoms with E-state index in [1.165, 1.54) is 0 Å². The van der Waals surface area contributed by atoms with E-state index in [-0.39, 0.29) is 0 Å². The summed E-state index contributed by atoms with van der Waals surface area (Å²) >= 11 is 1.60. The first-order valence-corrected chi connectivity index (χ1v) is 4.91. The third-order valence-corrected chi connectivity index (χ3v) is 2.26. The van der Waals surface area contributed by atoms with Crippen LogP contribution in [0.15, 0.2) is 17.1 Å². The monoisotopic (exact) mass is 194 g/mol. The third kappa shape index (κ3) is 2.06. The first-order chi connectivity index (χ1) is 6.34. The van der Waals surface area contributed by atoms with Gasteiger partial charge in [-0.05, 0) is 6.92 Å². The Morgan fingerprint density at radius 3 is 3.08 bits per heavy atom. The Balaban J connectivity index is 1.93. The van der Waals surface area contributed by atoms with Crippen LogP contribution in [0.3, 0.4) is 0 Å². The fourth-order valence-electron chi connectivity index (χ4n) is 1.00. The predicted octanol–water partition coefficient (Wildman–Crippen LogP) is 1.79. The van der Waals surface area contributed by atoms with E-state index in [9.17, 15) is 0 Å². The standard InChI is InChI=1S/C8H10N4S/c1-6-2-9-8(12-6)10-3-7-4-13-5-11-7/h2,4-5H,3H2,1H3,(H2,9,10,12). The quantitative estimate of drug-likeness (QED) is 0.783. The molecule has 0 aliphatic carbocycles. The van der Waals surface area contributed by atoms with Crippen molar-refractivity contribution in [2.24, 2.45) is 0 Å². The Labute approximate surface area is 80.1 Å². The minimum Gasteiger partial charge on any atom is -0.350 e. The van der Waals surface area contributed by atoms with Gasteiger partial charge in [0.2, 0.25) is 5.95 Å². The molecule has 13 heavy (non-hydrogen) atoms. The number of imidazole rings is 1. The first kappa shape index (κ1) is 8.25. The normalized spacial score (nSPS) is 10.2. The smallest absolute Gasteiger partial charge is 0.200 e. The maximum atomic E-state index is 4.15. The average molecular weight is 194 g/mol. The number of hydrogen-bond donors (Lipinski definition) is 2. The van der Waals surface area contributed by atoms with Crippen molar-refractivity contribution in [1.29, 1.82) is 0 Å². The van der Waals surface area contributed by atoms with Gasteiger partial charge in [-0.25, -0.2) is 9.97 Å². The molecule has 0 saturated carbocycles. The Morgan fingerprint density at radius 2 is 2.46 bits per heavy atom. The lowest BCUT2D eigenvalue weighted by Crippen LogP contribution is -2.00. The van der Waals surface area contributed by atoms with Crippen molar-refractivity contribution < 1.29 is 0 Å². The highest BCUT2D eigenvalue weighted by Crippen LogP contribution is 2.05. The van der Waals surface area contributed by atoms with Crippen LogP contribution in [0.4, 0.5) is 5.95 Å². The zero-order chi connectivity index (χ0) is 9.10. The van der Waals surface area contributed by atoms with Gasteiger partial charge in [-0.1, -0.05) is 0 Å². The molecule has 0 aliphatic rings. The molecule has 0 fully saturated rings. The zero-order valence-corrected chi connectivity index (χ0v) is 8.06. The molecule has 5 heteroatoms. The number of nitrogens with zero attached hydrogens (tertiary/aromatic N) is 2. The second-order valence-corrected chi connectivity index (χ2v) is 3.47. The highest BCUT2D eigenvalue weighted by Gasteiger charge is 1.97. The highest BCUT2D eigenvalue weighted by atomic mass is 32.1. The number of nitrogens with one attached hydrogen (secondary N) is 2. The topological polar surface area (TPSA) is 53.6 Å². The molecule has 2 N–H and O–H groups in total. The molecule has 0 saturated heterocycles. The minimum atomic E-state index is 0.719. The van der Waals surface area contributed by atoms with E-state index in [4.69, 9.17) is 0 Å². The molecule has 0 aromatic carbocycles. The van der Waals surface area contributed by atoms with Crippen LogP contribution in [0.2, 0.25) is 0 Å². The maximum Gasteiger partial charge on any atom is 0.200 e. The molecule has 2 heterocycles. The summed E-state index contributed by atoms with van der Waals surface area (Å²) in [6.07, 6.45) is 1.80. The van der Waals surface area contributed by atoms with E-state index >= 15 is 0 Å². The van der Waals surface area contributed by atoms with E-state index in [1.807, 2.05) is 17.8 Å². The lowest BCUT2D eigenvalue weighted by Gasteiger charge is -1.98. The number of aromatic nitrogens is 3. The summed E-state index contributed by atoms with van der Waals surface area (Å²) in [5.74, 6) is 0.797. The van der Waals surface area contributed by atoms with Gasteiger partial charge in [0.25, 0.3) is 0 Å². The second-order valence-electron chi connectivity index (χ2n) is 2.75. The van der Waals surface area contributed by atoms with Crippen molar-refractivity contribution in [3.05, 3.63) is 28.5 Å². The molecule has 0 aliphatic heterocycles. The van der Waals surface area contributed by atoms with Gasteiger partial charge in [-0.15, -0.1) is 11.3 Å². The summed E-state index contributed by atoms with van der Waals surface area (Å²) in [7, 11) is 0. The Hall–Kier alpha value is -1.36. The van der Waals surface area contributed by atoms with Gasteiger partial charge >= 0.3 is 0 Å². The molecule has 0 radical (unpaired) electrons. The fourth-order valence-corrected chi connectivity index (χ4v) is 1.56. The van der Waals surface area contributed by atoms with Crippen LogP contribution in [0.5, 0.6) is 0 Å². The molecule has 0 bridgehead atoms. The van der Waals surface area contributed by atoms with Crippen LogP contribution < -0.4 is 5.32 Å². The second kappa shape index (κ2) is 3.57. The summed E-state index contributed by atoms with van der Waals surface area (Å²) < 4.78 is 0. The summed E-state index contributed by atoms with van der Waals surface area (Å²) in [5, 5.41) is 5.16. The number of thiazole rings is 1. The largest absolute Gasteiger partial charge is 0.350 e. The molecule has 2 aromatic rings. The molecule has 0 amide bonds. The Kier molecular flexibility index (Phi) is 2.27. The van der Waals surface area contributed by atoms with E-state index < -0.39 is 0 Å². The van der Waals surface area contributed by atoms with Gasteiger partial charge in [-0.3, -0.25) is 0 Å². The fraction of sp³-hybridized carbons (Fsp3) is 0.250. The van der Waals surface area contributed by atoms with Crippen molar-refractivity contribution in [3.8, 4) is 0 Å². The molecule has 0 spiro atoms. The van der Waals surface area contributed by atoms with Gasteiger partial charge in [-0.2, -0.15) is 0 Å². The molecule has 2 aromatic heterocycles. The predicted molar refractivity (Wildman–Crippen MR) is 52.8 cm³/mol. The van der Waals surface area contributed by atoms with E-state index in [0.717, 1.165) is 23.9 Å². The van der Waals surface area contributed by atoms with Crippen molar-refractivity contribution in [1.82, 2.24) is 15.0 Å². The van der Waals surface area contributed by atoms with Crippen LogP contribution in [0.1, 0.15) is 11.4 Å². The van der Waals surface area contributed by atoms with Crippen LogP contribution in [0.25, 0.3) is 0 Å². The Bertz CT molecular complexity index is 365. The average Bonchev–Trinajstić information content (AvgIpc) is 2.71. The van der Waals surface area contributed by atoms with Crippen LogP contribution in [0, 0.1) is 6.92 Å². The van der Waals surface area contributed by atoms with Gasteiger partial charge in [0.15, 0.2) is 0 Å². The summed E-state index contributed by atoms with van der Waals surface area (Å²) in [4.78, 5) is 11.4. The lowest BCUT2D eigenvalue weighted by molar-refractivity contribution is 1.04. The van der Waals surface area contributed by atoms with Crippen LogP contribution in [-0.2, 0) is 6.54 Å². The van der Waals surface area contributed by atoms with Crippen molar-refractivity contribution in [2.75, 3.05) is 5.32 Å². The van der Waals surface area contributed by atoms with E-state index in [0.29, 0.717) is 0 Å². The third-order valence-electron chi connectivity index (χ3n) is 1.62. The lowest BCUT2D eigenvalue weighted by atomic mass is 10.5. The maximum absolute atomic E-state index is 4.15. The number of H-pyrrole nitrogens is 1. The zero-order valence-electron chi connectivity index (χ0n) is 7.24. The van der Waals surface area contributed by atoms with Gasteiger partial charge in [0.05, 0.1) is 17.7 Å². The van der Waals surface area contributed by atoms with Crippen LogP contribution >= 0.6 is 11.3 Å². The number of anilines is 1. The molecule has 0 atom stereocenters.